The predicted molar refractivity (Wildman–Crippen MR) is 124 cm³/mol. The zero-order chi connectivity index (χ0) is 22.5. The zero-order valence-corrected chi connectivity index (χ0v) is 19.3. The van der Waals surface area contributed by atoms with Crippen molar-refractivity contribution in [1.29, 1.82) is 0 Å². The predicted octanol–water partition coefficient (Wildman–Crippen LogP) is 3.47. The first-order valence-electron chi connectivity index (χ1n) is 12.0. The highest BCUT2D eigenvalue weighted by Crippen LogP contribution is 2.21. The molecule has 0 bridgehead atoms. The number of fused-ring (bicyclic) bond motifs is 1. The van der Waals surface area contributed by atoms with Gasteiger partial charge in [-0.2, -0.15) is 0 Å². The molecule has 0 atom stereocenters. The average molecular weight is 442 g/mol. The van der Waals surface area contributed by atoms with Gasteiger partial charge in [-0.25, -0.2) is 9.78 Å². The summed E-state index contributed by atoms with van der Waals surface area (Å²) in [5.74, 6) is 0.664. The van der Waals surface area contributed by atoms with Crippen LogP contribution in [0.2, 0.25) is 0 Å². The molecule has 4 rings (SSSR count). The van der Waals surface area contributed by atoms with E-state index in [1.807, 2.05) is 36.9 Å². The maximum absolute atomic E-state index is 12.6. The Morgan fingerprint density at radius 3 is 2.50 bits per heavy atom. The summed E-state index contributed by atoms with van der Waals surface area (Å²) in [6.45, 7) is 8.94. The molecule has 2 aliphatic rings. The van der Waals surface area contributed by atoms with Crippen molar-refractivity contribution < 1.29 is 14.0 Å². The molecule has 0 unspecified atom stereocenters. The lowest BCUT2D eigenvalue weighted by molar-refractivity contribution is 0.0773. The first-order valence-corrected chi connectivity index (χ1v) is 12.0. The van der Waals surface area contributed by atoms with Crippen molar-refractivity contribution in [3.63, 3.8) is 0 Å². The minimum atomic E-state index is 0.0177. The first kappa shape index (κ1) is 22.6. The Labute approximate surface area is 189 Å². The van der Waals surface area contributed by atoms with Crippen LogP contribution in [-0.2, 0) is 6.54 Å². The molecule has 32 heavy (non-hydrogen) atoms. The molecule has 2 fully saturated rings. The van der Waals surface area contributed by atoms with Crippen LogP contribution in [0.25, 0.3) is 11.1 Å². The summed E-state index contributed by atoms with van der Waals surface area (Å²) in [5.41, 5.74) is 2.05. The van der Waals surface area contributed by atoms with E-state index in [0.29, 0.717) is 61.3 Å². The number of aromatic nitrogens is 1. The lowest BCUT2D eigenvalue weighted by atomic mass is 9.96. The molecule has 2 heterocycles. The quantitative estimate of drug-likeness (QED) is 0.742. The molecule has 1 aliphatic carbocycles. The van der Waals surface area contributed by atoms with Crippen LogP contribution in [0.15, 0.2) is 22.6 Å². The van der Waals surface area contributed by atoms with E-state index in [-0.39, 0.29) is 11.9 Å². The van der Waals surface area contributed by atoms with Gasteiger partial charge in [-0.15, -0.1) is 0 Å². The molecule has 1 aliphatic heterocycles. The maximum Gasteiger partial charge on any atom is 0.317 e. The second kappa shape index (κ2) is 10.3. The molecular formula is C24H35N5O3. The number of urea groups is 1. The number of oxazole rings is 1. The Morgan fingerprint density at radius 1 is 1.09 bits per heavy atom. The fourth-order valence-electron chi connectivity index (χ4n) is 4.68. The number of carbonyl (C=O) groups excluding carboxylic acids is 2. The van der Waals surface area contributed by atoms with Crippen molar-refractivity contribution in [2.75, 3.05) is 39.3 Å². The van der Waals surface area contributed by atoms with Gasteiger partial charge in [0.25, 0.3) is 5.91 Å². The fourth-order valence-corrected chi connectivity index (χ4v) is 4.68. The van der Waals surface area contributed by atoms with Gasteiger partial charge >= 0.3 is 6.03 Å². The summed E-state index contributed by atoms with van der Waals surface area (Å²) >= 11 is 0. The van der Waals surface area contributed by atoms with Crippen molar-refractivity contribution in [3.05, 3.63) is 29.7 Å². The molecule has 8 nitrogen and oxygen atoms in total. The van der Waals surface area contributed by atoms with Crippen LogP contribution >= 0.6 is 0 Å². The molecule has 1 saturated heterocycles. The van der Waals surface area contributed by atoms with Crippen LogP contribution in [-0.4, -0.2) is 76.9 Å². The molecule has 1 saturated carbocycles. The van der Waals surface area contributed by atoms with Crippen molar-refractivity contribution in [1.82, 2.24) is 25.0 Å². The lowest BCUT2D eigenvalue weighted by Gasteiger charge is -2.35. The summed E-state index contributed by atoms with van der Waals surface area (Å²) in [7, 11) is 0. The van der Waals surface area contributed by atoms with Crippen LogP contribution in [0.4, 0.5) is 4.79 Å². The van der Waals surface area contributed by atoms with Crippen molar-refractivity contribution in [2.24, 2.45) is 0 Å². The molecule has 8 heteroatoms. The van der Waals surface area contributed by atoms with Gasteiger partial charge in [0, 0.05) is 50.9 Å². The van der Waals surface area contributed by atoms with Gasteiger partial charge in [-0.1, -0.05) is 19.3 Å². The van der Waals surface area contributed by atoms with E-state index in [0.717, 1.165) is 25.9 Å². The number of benzene rings is 1. The minimum absolute atomic E-state index is 0.0177. The Kier molecular flexibility index (Phi) is 7.29. The Bertz CT molecular complexity index is 925. The summed E-state index contributed by atoms with van der Waals surface area (Å²) in [4.78, 5) is 35.8. The average Bonchev–Trinajstić information content (AvgIpc) is 3.22. The summed E-state index contributed by atoms with van der Waals surface area (Å²) in [6, 6.07) is 5.87. The minimum Gasteiger partial charge on any atom is -0.439 e. The van der Waals surface area contributed by atoms with E-state index in [1.54, 1.807) is 4.90 Å². The van der Waals surface area contributed by atoms with Crippen LogP contribution in [0.5, 0.6) is 0 Å². The van der Waals surface area contributed by atoms with E-state index < -0.39 is 0 Å². The van der Waals surface area contributed by atoms with Gasteiger partial charge in [0.1, 0.15) is 5.52 Å². The van der Waals surface area contributed by atoms with Crippen LogP contribution in [0, 0.1) is 0 Å². The third-order valence-electron chi connectivity index (χ3n) is 6.68. The van der Waals surface area contributed by atoms with Gasteiger partial charge in [0.05, 0.1) is 6.54 Å². The third-order valence-corrected chi connectivity index (χ3v) is 6.68. The Balaban J connectivity index is 1.31. The molecule has 1 N–H and O–H groups in total. The second-order valence-corrected chi connectivity index (χ2v) is 8.82. The fraction of sp³-hybridized carbons (Fsp3) is 0.625. The van der Waals surface area contributed by atoms with Gasteiger partial charge in [-0.3, -0.25) is 9.69 Å². The number of rotatable bonds is 6. The standard InChI is InChI=1S/C24H35N5O3/c1-3-28(4-2)23(30)18-10-11-21-20(16-18)26-22(32-21)17-27-12-14-29(15-13-27)24(31)25-19-8-6-5-7-9-19/h10-11,16,19H,3-9,12-15,17H2,1-2H3,(H,25,31). The van der Waals surface area contributed by atoms with Crippen molar-refractivity contribution >= 4 is 23.0 Å². The van der Waals surface area contributed by atoms with Crippen molar-refractivity contribution in [2.45, 2.75) is 58.5 Å². The molecular weight excluding hydrogens is 406 g/mol. The number of hydrogen-bond donors (Lipinski definition) is 1. The number of carbonyl (C=O) groups is 2. The smallest absolute Gasteiger partial charge is 0.317 e. The SMILES string of the molecule is CCN(CC)C(=O)c1ccc2oc(CN3CCN(C(=O)NC4CCCCC4)CC3)nc2c1. The molecule has 3 amide bonds. The number of hydrogen-bond acceptors (Lipinski definition) is 5. The highest BCUT2D eigenvalue weighted by Gasteiger charge is 2.25. The van der Waals surface area contributed by atoms with E-state index in [9.17, 15) is 9.59 Å². The van der Waals surface area contributed by atoms with Crippen LogP contribution < -0.4 is 5.32 Å². The lowest BCUT2D eigenvalue weighted by Crippen LogP contribution is -2.53. The number of nitrogens with one attached hydrogen (secondary N) is 1. The number of piperazine rings is 1. The number of amides is 3. The molecule has 1 aromatic heterocycles. The van der Waals surface area contributed by atoms with Crippen LogP contribution in [0.3, 0.4) is 0 Å². The Hall–Kier alpha value is -2.61. The van der Waals surface area contributed by atoms with E-state index >= 15 is 0 Å². The Morgan fingerprint density at radius 2 is 1.81 bits per heavy atom. The normalized spacial score (nSPS) is 18.1. The first-order chi connectivity index (χ1) is 15.6. The van der Waals surface area contributed by atoms with Gasteiger partial charge in [0.15, 0.2) is 5.58 Å². The van der Waals surface area contributed by atoms with Gasteiger partial charge in [-0.05, 0) is 44.9 Å². The summed E-state index contributed by atoms with van der Waals surface area (Å²) in [6.07, 6.45) is 5.93. The summed E-state index contributed by atoms with van der Waals surface area (Å²) in [5, 5.41) is 3.21. The molecule has 0 radical (unpaired) electrons. The van der Waals surface area contributed by atoms with E-state index in [2.05, 4.69) is 15.2 Å². The van der Waals surface area contributed by atoms with Crippen LogP contribution in [0.1, 0.15) is 62.2 Å². The van der Waals surface area contributed by atoms with Gasteiger partial charge in [0.2, 0.25) is 5.89 Å². The largest absolute Gasteiger partial charge is 0.439 e. The molecule has 174 valence electrons. The zero-order valence-electron chi connectivity index (χ0n) is 19.3. The molecule has 0 spiro atoms. The maximum atomic E-state index is 12.6. The highest BCUT2D eigenvalue weighted by molar-refractivity contribution is 5.97. The van der Waals surface area contributed by atoms with Gasteiger partial charge < -0.3 is 19.5 Å². The third kappa shape index (κ3) is 5.23. The molecule has 1 aromatic carbocycles. The monoisotopic (exact) mass is 441 g/mol. The topological polar surface area (TPSA) is 81.9 Å². The van der Waals surface area contributed by atoms with E-state index in [4.69, 9.17) is 4.42 Å². The summed E-state index contributed by atoms with van der Waals surface area (Å²) < 4.78 is 5.92. The van der Waals surface area contributed by atoms with E-state index in [1.165, 1.54) is 19.3 Å². The molecule has 2 aromatic rings. The van der Waals surface area contributed by atoms with Crippen molar-refractivity contribution in [3.8, 4) is 0 Å². The second-order valence-electron chi connectivity index (χ2n) is 8.82. The highest BCUT2D eigenvalue weighted by atomic mass is 16.3. The number of nitrogens with zero attached hydrogens (tertiary/aromatic N) is 4.